The normalized spacial score (nSPS) is 21.0. The lowest BCUT2D eigenvalue weighted by atomic mass is 10.2. The van der Waals surface area contributed by atoms with Crippen LogP contribution in [0.15, 0.2) is 18.2 Å². The van der Waals surface area contributed by atoms with Crippen LogP contribution in [-0.4, -0.2) is 81.0 Å². The van der Waals surface area contributed by atoms with Crippen LogP contribution in [-0.2, 0) is 14.3 Å². The number of cyclic esters (lactones) is 1. The van der Waals surface area contributed by atoms with Crippen molar-refractivity contribution in [1.29, 1.82) is 0 Å². The molecular weight excluding hydrogens is 435 g/mol. The van der Waals surface area contributed by atoms with Gasteiger partial charge in [0.2, 0.25) is 5.91 Å². The Labute approximate surface area is 192 Å². The molecule has 1 unspecified atom stereocenters. The molecule has 0 aromatic heterocycles. The van der Waals surface area contributed by atoms with Crippen molar-refractivity contribution in [2.45, 2.75) is 25.4 Å². The molecule has 0 bridgehead atoms. The highest BCUT2D eigenvalue weighted by molar-refractivity contribution is 7.80. The number of nitrogens with zero attached hydrogens (tertiary/aromatic N) is 3. The van der Waals surface area contributed by atoms with E-state index >= 15 is 0 Å². The monoisotopic (exact) mass is 464 g/mol. The van der Waals surface area contributed by atoms with E-state index < -0.39 is 11.9 Å². The van der Waals surface area contributed by atoms with E-state index in [4.69, 9.17) is 21.7 Å². The Morgan fingerprint density at radius 1 is 1.28 bits per heavy atom. The fourth-order valence-electron chi connectivity index (χ4n) is 4.05. The number of amides is 2. The summed E-state index contributed by atoms with van der Waals surface area (Å²) < 4.78 is 25.2. The Bertz CT molecular complexity index is 873. The van der Waals surface area contributed by atoms with Gasteiger partial charge in [0.1, 0.15) is 18.5 Å². The van der Waals surface area contributed by atoms with Crippen LogP contribution in [0, 0.1) is 11.7 Å². The number of anilines is 2. The number of halogens is 1. The van der Waals surface area contributed by atoms with Crippen molar-refractivity contribution in [1.82, 2.24) is 10.2 Å². The Kier molecular flexibility index (Phi) is 7.10. The number of benzene rings is 1. The van der Waals surface area contributed by atoms with Crippen molar-refractivity contribution < 1.29 is 23.5 Å². The van der Waals surface area contributed by atoms with E-state index in [2.05, 4.69) is 5.32 Å². The maximum Gasteiger partial charge on any atom is 0.414 e. The third-order valence-electron chi connectivity index (χ3n) is 6.06. The lowest BCUT2D eigenvalue weighted by Crippen LogP contribution is -2.50. The average molecular weight is 465 g/mol. The fraction of sp³-hybridized carbons (Fsp3) is 0.591. The summed E-state index contributed by atoms with van der Waals surface area (Å²) in [5, 5.41) is 3.18. The summed E-state index contributed by atoms with van der Waals surface area (Å²) in [5.41, 5.74) is 0.928. The van der Waals surface area contributed by atoms with Gasteiger partial charge in [0.05, 0.1) is 29.5 Å². The second-order valence-electron chi connectivity index (χ2n) is 8.50. The van der Waals surface area contributed by atoms with Gasteiger partial charge in [0, 0.05) is 39.7 Å². The second-order valence-corrected chi connectivity index (χ2v) is 9.00. The van der Waals surface area contributed by atoms with Gasteiger partial charge in [-0.1, -0.05) is 12.2 Å². The summed E-state index contributed by atoms with van der Waals surface area (Å²) in [5.74, 6) is 0.236. The first-order valence-corrected chi connectivity index (χ1v) is 11.4. The molecule has 174 valence electrons. The van der Waals surface area contributed by atoms with E-state index in [0.29, 0.717) is 56.6 Å². The maximum absolute atomic E-state index is 14.9. The van der Waals surface area contributed by atoms with Crippen molar-refractivity contribution in [3.63, 3.8) is 0 Å². The van der Waals surface area contributed by atoms with Gasteiger partial charge in [-0.05, 0) is 37.0 Å². The van der Waals surface area contributed by atoms with Gasteiger partial charge >= 0.3 is 6.09 Å². The van der Waals surface area contributed by atoms with Crippen LogP contribution in [0.25, 0.3) is 0 Å². The molecule has 0 radical (unpaired) electrons. The first-order chi connectivity index (χ1) is 15.4. The van der Waals surface area contributed by atoms with Crippen LogP contribution in [0.3, 0.4) is 0 Å². The van der Waals surface area contributed by atoms with Crippen molar-refractivity contribution in [2.24, 2.45) is 5.92 Å². The minimum Gasteiger partial charge on any atom is -0.442 e. The highest BCUT2D eigenvalue weighted by Crippen LogP contribution is 2.32. The maximum atomic E-state index is 14.9. The summed E-state index contributed by atoms with van der Waals surface area (Å²) in [4.78, 5) is 30.2. The molecule has 10 heteroatoms. The highest BCUT2D eigenvalue weighted by Gasteiger charge is 2.33. The number of piperazine rings is 1. The van der Waals surface area contributed by atoms with Crippen LogP contribution >= 0.6 is 12.2 Å². The number of carbonyl (C=O) groups excluding carboxylic acids is 2. The van der Waals surface area contributed by atoms with Crippen molar-refractivity contribution >= 4 is 40.6 Å². The van der Waals surface area contributed by atoms with Gasteiger partial charge in [-0.15, -0.1) is 0 Å². The summed E-state index contributed by atoms with van der Waals surface area (Å²) >= 11 is 5.34. The third-order valence-corrected chi connectivity index (χ3v) is 6.37. The van der Waals surface area contributed by atoms with E-state index in [1.165, 1.54) is 30.9 Å². The van der Waals surface area contributed by atoms with E-state index in [1.54, 1.807) is 17.0 Å². The van der Waals surface area contributed by atoms with Gasteiger partial charge in [-0.3, -0.25) is 9.69 Å². The van der Waals surface area contributed by atoms with E-state index in [1.807, 2.05) is 4.90 Å². The Balaban J connectivity index is 1.31. The van der Waals surface area contributed by atoms with Crippen molar-refractivity contribution in [3.05, 3.63) is 24.0 Å². The second kappa shape index (κ2) is 9.99. The minimum atomic E-state index is -0.484. The predicted molar refractivity (Wildman–Crippen MR) is 123 cm³/mol. The van der Waals surface area contributed by atoms with Gasteiger partial charge in [-0.25, -0.2) is 9.18 Å². The third kappa shape index (κ3) is 5.47. The summed E-state index contributed by atoms with van der Waals surface area (Å²) in [6.45, 7) is 2.95. The Morgan fingerprint density at radius 3 is 2.69 bits per heavy atom. The summed E-state index contributed by atoms with van der Waals surface area (Å²) in [6.07, 6.45) is 2.54. The minimum absolute atomic E-state index is 0.0534. The SMILES string of the molecule is COCC(=O)N1CCN(c2ccc(N3CC(CNC(=S)CC4CC4)OC3=O)cc2F)CC1. The molecular formula is C22H29FN4O4S. The largest absolute Gasteiger partial charge is 0.442 e. The molecule has 1 aromatic rings. The number of nitrogens with one attached hydrogen (secondary N) is 1. The summed E-state index contributed by atoms with van der Waals surface area (Å²) in [7, 11) is 1.49. The molecule has 8 nitrogen and oxygen atoms in total. The standard InChI is InChI=1S/C22H29FN4O4S/c1-30-14-21(28)26-8-6-25(7-9-26)19-5-4-16(11-18(19)23)27-13-17(31-22(27)29)12-24-20(32)10-15-2-3-15/h4-5,11,15,17H,2-3,6-10,12-14H2,1H3,(H,24,32). The molecule has 1 aliphatic carbocycles. The van der Waals surface area contributed by atoms with Crippen LogP contribution in [0.2, 0.25) is 0 Å². The first-order valence-electron chi connectivity index (χ1n) is 11.0. The first kappa shape index (κ1) is 22.7. The zero-order chi connectivity index (χ0) is 22.7. The molecule has 3 aliphatic rings. The fourth-order valence-corrected chi connectivity index (χ4v) is 4.37. The van der Waals surface area contributed by atoms with Crippen molar-refractivity contribution in [3.8, 4) is 0 Å². The molecule has 2 amide bonds. The van der Waals surface area contributed by atoms with Crippen LogP contribution in [0.5, 0.6) is 0 Å². The van der Waals surface area contributed by atoms with Gasteiger partial charge in [-0.2, -0.15) is 0 Å². The molecule has 2 heterocycles. The number of ether oxygens (including phenoxy) is 2. The zero-order valence-corrected chi connectivity index (χ0v) is 19.0. The van der Waals surface area contributed by atoms with Crippen LogP contribution in [0.1, 0.15) is 19.3 Å². The molecule has 2 aliphatic heterocycles. The smallest absolute Gasteiger partial charge is 0.414 e. The quantitative estimate of drug-likeness (QED) is 0.591. The van der Waals surface area contributed by atoms with E-state index in [9.17, 15) is 14.0 Å². The summed E-state index contributed by atoms with van der Waals surface area (Å²) in [6, 6.07) is 4.78. The molecule has 1 saturated carbocycles. The predicted octanol–water partition coefficient (Wildman–Crippen LogP) is 2.16. The molecule has 1 atom stereocenters. The van der Waals surface area contributed by atoms with E-state index in [0.717, 1.165) is 11.4 Å². The lowest BCUT2D eigenvalue weighted by molar-refractivity contribution is -0.135. The topological polar surface area (TPSA) is 74.3 Å². The number of hydrogen-bond donors (Lipinski definition) is 1. The van der Waals surface area contributed by atoms with Gasteiger partial charge in [0.15, 0.2) is 0 Å². The van der Waals surface area contributed by atoms with Crippen molar-refractivity contribution in [2.75, 3.05) is 62.8 Å². The number of methoxy groups -OCH3 is 1. The lowest BCUT2D eigenvalue weighted by Gasteiger charge is -2.36. The van der Waals surface area contributed by atoms with Gasteiger partial charge in [0.25, 0.3) is 0 Å². The molecule has 32 heavy (non-hydrogen) atoms. The highest BCUT2D eigenvalue weighted by atomic mass is 32.1. The van der Waals surface area contributed by atoms with Gasteiger partial charge < -0.3 is 24.6 Å². The molecule has 3 fully saturated rings. The average Bonchev–Trinajstić information content (AvgIpc) is 3.51. The number of carbonyl (C=O) groups is 2. The van der Waals surface area contributed by atoms with Crippen LogP contribution in [0.4, 0.5) is 20.6 Å². The zero-order valence-electron chi connectivity index (χ0n) is 18.2. The van der Waals surface area contributed by atoms with Crippen LogP contribution < -0.4 is 15.1 Å². The molecule has 2 saturated heterocycles. The molecule has 0 spiro atoms. The number of hydrogen-bond acceptors (Lipinski definition) is 6. The molecule has 1 aromatic carbocycles. The van der Waals surface area contributed by atoms with E-state index in [-0.39, 0.29) is 18.6 Å². The molecule has 4 rings (SSSR count). The Morgan fingerprint density at radius 2 is 2.03 bits per heavy atom. The molecule has 1 N–H and O–H groups in total. The number of thiocarbonyl (C=S) groups is 1. The number of rotatable bonds is 8. The Hall–Kier alpha value is -2.46.